The first-order valence-electron chi connectivity index (χ1n) is 7.23. The van der Waals surface area contributed by atoms with Crippen molar-refractivity contribution in [3.05, 3.63) is 49.7 Å². The minimum atomic E-state index is -3.59. The number of non-ortho nitro benzene ring substituents is 1. The van der Waals surface area contributed by atoms with Gasteiger partial charge in [-0.25, -0.2) is 13.1 Å². The van der Waals surface area contributed by atoms with Crippen LogP contribution in [-0.4, -0.2) is 26.4 Å². The van der Waals surface area contributed by atoms with Gasteiger partial charge in [-0.1, -0.05) is 0 Å². The molecule has 0 aliphatic rings. The molecule has 1 aromatic heterocycles. The van der Waals surface area contributed by atoms with E-state index in [4.69, 9.17) is 5.26 Å². The van der Waals surface area contributed by atoms with E-state index in [-0.39, 0.29) is 29.2 Å². The molecule has 1 heterocycles. The Kier molecular flexibility index (Phi) is 5.73. The van der Waals surface area contributed by atoms with Gasteiger partial charge < -0.3 is 5.32 Å². The number of sulfonamides is 1. The molecular weight excluding hydrogens is 364 g/mol. The van der Waals surface area contributed by atoms with Gasteiger partial charge in [0.15, 0.2) is 0 Å². The van der Waals surface area contributed by atoms with Crippen LogP contribution in [0, 0.1) is 35.3 Å². The maximum absolute atomic E-state index is 12.3. The molecule has 0 spiro atoms. The maximum Gasteiger partial charge on any atom is 0.270 e. The summed E-state index contributed by atoms with van der Waals surface area (Å²) in [7, 11) is -3.59. The molecule has 0 radical (unpaired) electrons. The molecule has 0 saturated heterocycles. The topological polar surface area (TPSA) is 125 Å². The van der Waals surface area contributed by atoms with Crippen molar-refractivity contribution in [2.24, 2.45) is 0 Å². The van der Waals surface area contributed by atoms with Gasteiger partial charge in [-0.3, -0.25) is 10.1 Å². The molecule has 0 saturated carbocycles. The first-order valence-corrected chi connectivity index (χ1v) is 9.53. The monoisotopic (exact) mass is 380 g/mol. The van der Waals surface area contributed by atoms with E-state index >= 15 is 0 Å². The number of hydrogen-bond acceptors (Lipinski definition) is 7. The zero-order valence-corrected chi connectivity index (χ0v) is 15.2. The fourth-order valence-electron chi connectivity index (χ4n) is 2.23. The molecule has 132 valence electrons. The highest BCUT2D eigenvalue weighted by Crippen LogP contribution is 2.24. The van der Waals surface area contributed by atoms with Gasteiger partial charge >= 0.3 is 0 Å². The maximum atomic E-state index is 12.3. The van der Waals surface area contributed by atoms with Crippen molar-refractivity contribution >= 4 is 32.7 Å². The van der Waals surface area contributed by atoms with E-state index in [0.29, 0.717) is 5.69 Å². The molecule has 0 fully saturated rings. The second-order valence-corrected chi connectivity index (χ2v) is 8.40. The second kappa shape index (κ2) is 7.60. The van der Waals surface area contributed by atoms with Crippen LogP contribution in [0.3, 0.4) is 0 Å². The summed E-state index contributed by atoms with van der Waals surface area (Å²) in [6.45, 7) is 3.93. The number of nitrogens with zero attached hydrogens (tertiary/aromatic N) is 2. The number of nitro benzene ring substituents is 1. The van der Waals surface area contributed by atoms with Gasteiger partial charge in [-0.15, -0.1) is 11.3 Å². The van der Waals surface area contributed by atoms with E-state index < -0.39 is 14.9 Å². The van der Waals surface area contributed by atoms with E-state index in [9.17, 15) is 18.5 Å². The van der Waals surface area contributed by atoms with Gasteiger partial charge in [-0.2, -0.15) is 5.26 Å². The van der Waals surface area contributed by atoms with E-state index in [0.717, 1.165) is 9.75 Å². The van der Waals surface area contributed by atoms with Crippen LogP contribution in [0.5, 0.6) is 0 Å². The van der Waals surface area contributed by atoms with Gasteiger partial charge in [0.1, 0.15) is 6.07 Å². The van der Waals surface area contributed by atoms with Crippen molar-refractivity contribution in [1.29, 1.82) is 5.26 Å². The zero-order valence-electron chi connectivity index (χ0n) is 13.6. The van der Waals surface area contributed by atoms with Crippen LogP contribution in [0.4, 0.5) is 11.4 Å². The van der Waals surface area contributed by atoms with Gasteiger partial charge in [-0.05, 0) is 26.0 Å². The molecular formula is C15H16N4O4S2. The van der Waals surface area contributed by atoms with E-state index in [2.05, 4.69) is 10.0 Å². The van der Waals surface area contributed by atoms with Crippen molar-refractivity contribution < 1.29 is 13.3 Å². The average Bonchev–Trinajstić information content (AvgIpc) is 2.90. The average molecular weight is 380 g/mol. The molecule has 25 heavy (non-hydrogen) atoms. The summed E-state index contributed by atoms with van der Waals surface area (Å²) in [5.41, 5.74) is 0.363. The van der Waals surface area contributed by atoms with Gasteiger partial charge in [0.2, 0.25) is 10.0 Å². The number of nitriles is 1. The molecule has 0 aliphatic heterocycles. The Morgan fingerprint density at radius 1 is 1.28 bits per heavy atom. The quantitative estimate of drug-likeness (QED) is 0.432. The van der Waals surface area contributed by atoms with Crippen molar-refractivity contribution in [3.8, 4) is 6.07 Å². The van der Waals surface area contributed by atoms with E-state index in [1.54, 1.807) is 13.0 Å². The zero-order chi connectivity index (χ0) is 18.6. The molecule has 2 N–H and O–H groups in total. The number of rotatable bonds is 7. The summed E-state index contributed by atoms with van der Waals surface area (Å²) in [6, 6.07) is 7.39. The van der Waals surface area contributed by atoms with Crippen LogP contribution in [0.2, 0.25) is 0 Å². The summed E-state index contributed by atoms with van der Waals surface area (Å²) in [5.74, 6) is 0. The lowest BCUT2D eigenvalue weighted by Crippen LogP contribution is -2.29. The Balaban J connectivity index is 1.99. The molecule has 2 aromatic rings. The first kappa shape index (κ1) is 18.9. The predicted octanol–water partition coefficient (Wildman–Crippen LogP) is 2.54. The third-order valence-corrected chi connectivity index (χ3v) is 6.03. The Morgan fingerprint density at radius 2 is 2.00 bits per heavy atom. The smallest absolute Gasteiger partial charge is 0.270 e. The van der Waals surface area contributed by atoms with Crippen LogP contribution < -0.4 is 10.0 Å². The fourth-order valence-corrected chi connectivity index (χ4v) is 4.81. The summed E-state index contributed by atoms with van der Waals surface area (Å²) >= 11 is 1.41. The summed E-state index contributed by atoms with van der Waals surface area (Å²) < 4.78 is 27.0. The highest BCUT2D eigenvalue weighted by atomic mass is 32.2. The number of thiophene rings is 1. The minimum absolute atomic E-state index is 0.110. The summed E-state index contributed by atoms with van der Waals surface area (Å²) in [5, 5.41) is 22.7. The Bertz CT molecular complexity index is 945. The molecule has 0 bridgehead atoms. The number of hydrogen-bond donors (Lipinski definition) is 2. The largest absolute Gasteiger partial charge is 0.383 e. The van der Waals surface area contributed by atoms with Crippen LogP contribution in [0.15, 0.2) is 29.2 Å². The van der Waals surface area contributed by atoms with E-state index in [1.165, 1.54) is 29.5 Å². The molecule has 1 aromatic carbocycles. The van der Waals surface area contributed by atoms with Crippen molar-refractivity contribution in [2.45, 2.75) is 18.7 Å². The molecule has 2 rings (SSSR count). The highest BCUT2D eigenvalue weighted by molar-refractivity contribution is 7.89. The minimum Gasteiger partial charge on any atom is -0.383 e. The molecule has 0 atom stereocenters. The van der Waals surface area contributed by atoms with Crippen LogP contribution in [-0.2, 0) is 10.0 Å². The number of benzene rings is 1. The van der Waals surface area contributed by atoms with Gasteiger partial charge in [0.25, 0.3) is 5.69 Å². The Hall–Kier alpha value is -2.48. The fraction of sp³-hybridized carbons (Fsp3) is 0.267. The summed E-state index contributed by atoms with van der Waals surface area (Å²) in [4.78, 5) is 12.0. The molecule has 8 nitrogen and oxygen atoms in total. The van der Waals surface area contributed by atoms with Crippen molar-refractivity contribution in [1.82, 2.24) is 4.72 Å². The van der Waals surface area contributed by atoms with E-state index in [1.807, 2.05) is 13.0 Å². The third-order valence-electron chi connectivity index (χ3n) is 3.35. The Morgan fingerprint density at radius 3 is 2.56 bits per heavy atom. The third kappa shape index (κ3) is 4.54. The lowest BCUT2D eigenvalue weighted by molar-refractivity contribution is -0.384. The van der Waals surface area contributed by atoms with Crippen LogP contribution in [0.25, 0.3) is 0 Å². The lowest BCUT2D eigenvalue weighted by atomic mass is 10.1. The normalized spacial score (nSPS) is 11.1. The predicted molar refractivity (Wildman–Crippen MR) is 95.3 cm³/mol. The lowest BCUT2D eigenvalue weighted by Gasteiger charge is -2.09. The molecule has 0 unspecified atom stereocenters. The summed E-state index contributed by atoms with van der Waals surface area (Å²) in [6.07, 6.45) is 0. The Labute approximate surface area is 149 Å². The first-order chi connectivity index (χ1) is 11.7. The SMILES string of the molecule is Cc1cc(S(=O)(=O)NCCNc2ccc([N+](=O)[O-])cc2C#N)c(C)s1. The van der Waals surface area contributed by atoms with Crippen molar-refractivity contribution in [3.63, 3.8) is 0 Å². The molecule has 10 heteroatoms. The van der Waals surface area contributed by atoms with Crippen LogP contribution in [0.1, 0.15) is 15.3 Å². The standard InChI is InChI=1S/C15H16N4O4S2/c1-10-7-15(11(2)24-10)25(22,23)18-6-5-17-14-4-3-13(19(20)21)8-12(14)9-16/h3-4,7-8,17-18H,5-6H2,1-2H3. The molecule has 0 amide bonds. The van der Waals surface area contributed by atoms with Crippen LogP contribution >= 0.6 is 11.3 Å². The number of anilines is 1. The van der Waals surface area contributed by atoms with Crippen molar-refractivity contribution in [2.75, 3.05) is 18.4 Å². The molecule has 0 aliphatic carbocycles. The second-order valence-electron chi connectivity index (χ2n) is 5.20. The highest BCUT2D eigenvalue weighted by Gasteiger charge is 2.18. The number of nitro groups is 1. The number of aryl methyl sites for hydroxylation is 2. The number of nitrogens with one attached hydrogen (secondary N) is 2. The van der Waals surface area contributed by atoms with Gasteiger partial charge in [0.05, 0.1) is 21.1 Å². The van der Waals surface area contributed by atoms with Gasteiger partial charge in [0, 0.05) is 35.0 Å².